The summed E-state index contributed by atoms with van der Waals surface area (Å²) in [6.07, 6.45) is 0.0122. The van der Waals surface area contributed by atoms with Crippen LogP contribution < -0.4 is 4.74 Å². The van der Waals surface area contributed by atoms with Gasteiger partial charge in [0.15, 0.2) is 0 Å². The summed E-state index contributed by atoms with van der Waals surface area (Å²) in [6.45, 7) is 3.11. The van der Waals surface area contributed by atoms with E-state index in [-0.39, 0.29) is 12.3 Å². The van der Waals surface area contributed by atoms with Crippen LogP contribution in [0.3, 0.4) is 0 Å². The van der Waals surface area contributed by atoms with Crippen molar-refractivity contribution < 1.29 is 19.4 Å². The molecule has 1 unspecified atom stereocenters. The number of ether oxygens (including phenoxy) is 1. The fourth-order valence-electron chi connectivity index (χ4n) is 1.51. The van der Waals surface area contributed by atoms with Crippen molar-refractivity contribution in [1.82, 2.24) is 0 Å². The van der Waals surface area contributed by atoms with Crippen molar-refractivity contribution in [2.45, 2.75) is 26.2 Å². The van der Waals surface area contributed by atoms with Gasteiger partial charge in [0, 0.05) is 6.92 Å². The first-order valence-corrected chi connectivity index (χ1v) is 5.00. The second kappa shape index (κ2) is 5.30. The van der Waals surface area contributed by atoms with E-state index in [0.29, 0.717) is 5.75 Å². The van der Waals surface area contributed by atoms with Crippen molar-refractivity contribution in [2.75, 3.05) is 0 Å². The van der Waals surface area contributed by atoms with Gasteiger partial charge in [-0.05, 0) is 17.5 Å². The van der Waals surface area contributed by atoms with E-state index in [9.17, 15) is 9.59 Å². The molecule has 4 heteroatoms. The van der Waals surface area contributed by atoms with Crippen molar-refractivity contribution in [3.8, 4) is 5.75 Å². The predicted molar refractivity (Wildman–Crippen MR) is 58.4 cm³/mol. The Morgan fingerprint density at radius 3 is 2.56 bits per heavy atom. The highest BCUT2D eigenvalue weighted by Gasteiger charge is 2.15. The minimum absolute atomic E-state index is 0.0122. The van der Waals surface area contributed by atoms with Crippen LogP contribution in [0.5, 0.6) is 5.75 Å². The maximum atomic E-state index is 10.9. The molecule has 0 radical (unpaired) electrons. The largest absolute Gasteiger partial charge is 0.481 e. The molecule has 0 aliphatic carbocycles. The number of carboxylic acid groups (broad SMARTS) is 1. The van der Waals surface area contributed by atoms with Gasteiger partial charge in [0.05, 0.1) is 6.42 Å². The van der Waals surface area contributed by atoms with Crippen molar-refractivity contribution in [1.29, 1.82) is 0 Å². The first kappa shape index (κ1) is 12.2. The van der Waals surface area contributed by atoms with Gasteiger partial charge in [-0.1, -0.05) is 25.1 Å². The molecule has 0 saturated carbocycles. The number of carboxylic acids is 1. The molecule has 86 valence electrons. The van der Waals surface area contributed by atoms with Crippen molar-refractivity contribution >= 4 is 11.9 Å². The van der Waals surface area contributed by atoms with E-state index in [2.05, 4.69) is 0 Å². The summed E-state index contributed by atoms with van der Waals surface area (Å²) in [4.78, 5) is 21.5. The van der Waals surface area contributed by atoms with E-state index in [0.717, 1.165) is 5.56 Å². The highest BCUT2D eigenvalue weighted by Crippen LogP contribution is 2.28. The van der Waals surface area contributed by atoms with Crippen LogP contribution in [0.4, 0.5) is 0 Å². The van der Waals surface area contributed by atoms with Crippen LogP contribution in [0, 0.1) is 0 Å². The van der Waals surface area contributed by atoms with Gasteiger partial charge in [-0.15, -0.1) is 0 Å². The number of esters is 1. The molecule has 16 heavy (non-hydrogen) atoms. The van der Waals surface area contributed by atoms with Crippen LogP contribution in [0.1, 0.15) is 31.7 Å². The number of carbonyl (C=O) groups is 2. The Morgan fingerprint density at radius 1 is 1.38 bits per heavy atom. The molecule has 0 fully saturated rings. The molecule has 0 aliphatic rings. The number of rotatable bonds is 4. The second-order valence-corrected chi connectivity index (χ2v) is 3.63. The lowest BCUT2D eigenvalue weighted by Crippen LogP contribution is -2.08. The summed E-state index contributed by atoms with van der Waals surface area (Å²) in [5.41, 5.74) is 0.736. The van der Waals surface area contributed by atoms with Crippen LogP contribution in [0.25, 0.3) is 0 Å². The van der Waals surface area contributed by atoms with Crippen LogP contribution in [-0.2, 0) is 9.59 Å². The van der Waals surface area contributed by atoms with E-state index < -0.39 is 11.9 Å². The van der Waals surface area contributed by atoms with Gasteiger partial charge in [0.2, 0.25) is 0 Å². The SMILES string of the molecule is CC(=O)Oc1ccccc1C(C)CC(=O)O. The van der Waals surface area contributed by atoms with Crippen LogP contribution in [0.15, 0.2) is 24.3 Å². The zero-order valence-corrected chi connectivity index (χ0v) is 9.27. The first-order valence-electron chi connectivity index (χ1n) is 5.00. The standard InChI is InChI=1S/C12H14O4/c1-8(7-12(14)15)10-5-3-4-6-11(10)16-9(2)13/h3-6,8H,7H2,1-2H3,(H,14,15). The van der Waals surface area contributed by atoms with Crippen LogP contribution in [0.2, 0.25) is 0 Å². The quantitative estimate of drug-likeness (QED) is 0.626. The fourth-order valence-corrected chi connectivity index (χ4v) is 1.51. The minimum atomic E-state index is -0.870. The summed E-state index contributed by atoms with van der Waals surface area (Å²) in [5.74, 6) is -1.03. The third-order valence-electron chi connectivity index (χ3n) is 2.18. The zero-order valence-electron chi connectivity index (χ0n) is 9.27. The average molecular weight is 222 g/mol. The molecule has 1 atom stereocenters. The Labute approximate surface area is 93.9 Å². The normalized spacial score (nSPS) is 11.9. The molecule has 1 aromatic rings. The van der Waals surface area contributed by atoms with Crippen molar-refractivity contribution in [3.63, 3.8) is 0 Å². The van der Waals surface area contributed by atoms with Gasteiger partial charge >= 0.3 is 11.9 Å². The maximum absolute atomic E-state index is 10.9. The zero-order chi connectivity index (χ0) is 12.1. The van der Waals surface area contributed by atoms with Gasteiger partial charge in [0.1, 0.15) is 5.75 Å². The van der Waals surface area contributed by atoms with Crippen LogP contribution >= 0.6 is 0 Å². The topological polar surface area (TPSA) is 63.6 Å². The van der Waals surface area contributed by atoms with Crippen LogP contribution in [-0.4, -0.2) is 17.0 Å². The molecule has 4 nitrogen and oxygen atoms in total. The lowest BCUT2D eigenvalue weighted by molar-refractivity contribution is -0.137. The molecule has 0 aromatic heterocycles. The van der Waals surface area contributed by atoms with Gasteiger partial charge in [0.25, 0.3) is 0 Å². The summed E-state index contributed by atoms with van der Waals surface area (Å²) in [5, 5.41) is 8.71. The molecule has 1 N–H and O–H groups in total. The Kier molecular flexibility index (Phi) is 4.05. The third kappa shape index (κ3) is 3.38. The number of hydrogen-bond donors (Lipinski definition) is 1. The number of hydrogen-bond acceptors (Lipinski definition) is 3. The molecule has 0 amide bonds. The highest BCUT2D eigenvalue weighted by atomic mass is 16.5. The number of carbonyl (C=O) groups excluding carboxylic acids is 1. The Bertz CT molecular complexity index is 398. The Balaban J connectivity index is 2.93. The molecule has 0 bridgehead atoms. The van der Waals surface area contributed by atoms with Gasteiger partial charge in [-0.2, -0.15) is 0 Å². The molecular formula is C12H14O4. The summed E-state index contributed by atoms with van der Waals surface area (Å²) < 4.78 is 5.02. The first-order chi connectivity index (χ1) is 7.50. The minimum Gasteiger partial charge on any atom is -0.481 e. The van der Waals surface area contributed by atoms with Gasteiger partial charge < -0.3 is 9.84 Å². The monoisotopic (exact) mass is 222 g/mol. The lowest BCUT2D eigenvalue weighted by atomic mass is 9.97. The third-order valence-corrected chi connectivity index (χ3v) is 2.18. The van der Waals surface area contributed by atoms with E-state index in [4.69, 9.17) is 9.84 Å². The molecule has 1 rings (SSSR count). The summed E-state index contributed by atoms with van der Waals surface area (Å²) in [7, 11) is 0. The van der Waals surface area contributed by atoms with E-state index >= 15 is 0 Å². The number of para-hydroxylation sites is 1. The Hall–Kier alpha value is -1.84. The van der Waals surface area contributed by atoms with E-state index in [1.165, 1.54) is 6.92 Å². The highest BCUT2D eigenvalue weighted by molar-refractivity contribution is 5.71. The fraction of sp³-hybridized carbons (Fsp3) is 0.333. The van der Waals surface area contributed by atoms with Gasteiger partial charge in [-0.25, -0.2) is 0 Å². The second-order valence-electron chi connectivity index (χ2n) is 3.63. The van der Waals surface area contributed by atoms with E-state index in [1.807, 2.05) is 0 Å². The molecular weight excluding hydrogens is 208 g/mol. The van der Waals surface area contributed by atoms with Gasteiger partial charge in [-0.3, -0.25) is 9.59 Å². The maximum Gasteiger partial charge on any atom is 0.308 e. The predicted octanol–water partition coefficient (Wildman–Crippen LogP) is 2.19. The molecule has 0 saturated heterocycles. The average Bonchev–Trinajstić information content (AvgIpc) is 2.16. The number of benzene rings is 1. The summed E-state index contributed by atoms with van der Waals surface area (Å²) in [6, 6.07) is 6.97. The van der Waals surface area contributed by atoms with E-state index in [1.54, 1.807) is 31.2 Å². The lowest BCUT2D eigenvalue weighted by Gasteiger charge is -2.13. The van der Waals surface area contributed by atoms with Crippen molar-refractivity contribution in [3.05, 3.63) is 29.8 Å². The Morgan fingerprint density at radius 2 is 2.00 bits per heavy atom. The smallest absolute Gasteiger partial charge is 0.308 e. The molecule has 1 aromatic carbocycles. The molecule has 0 aliphatic heterocycles. The molecule has 0 spiro atoms. The van der Waals surface area contributed by atoms with Crippen molar-refractivity contribution in [2.24, 2.45) is 0 Å². The summed E-state index contributed by atoms with van der Waals surface area (Å²) >= 11 is 0. The number of aliphatic carboxylic acids is 1. The molecule has 0 heterocycles.